The molecule has 3 rings (SSSR count). The SMILES string of the molecule is CNS(=O)(=O)c1cc(C(=O)NC2CCN(Cc3ccc(Cl)cc3)CC2)cc(C)c1C. The summed E-state index contributed by atoms with van der Waals surface area (Å²) in [7, 11) is -2.26. The molecule has 0 atom stereocenters. The van der Waals surface area contributed by atoms with Crippen molar-refractivity contribution < 1.29 is 13.2 Å². The van der Waals surface area contributed by atoms with E-state index in [1.165, 1.54) is 18.7 Å². The minimum atomic E-state index is -3.63. The summed E-state index contributed by atoms with van der Waals surface area (Å²) in [6, 6.07) is 11.1. The highest BCUT2D eigenvalue weighted by molar-refractivity contribution is 7.89. The fraction of sp³-hybridized carbons (Fsp3) is 0.409. The number of nitrogens with zero attached hydrogens (tertiary/aromatic N) is 1. The van der Waals surface area contributed by atoms with Crippen molar-refractivity contribution in [3.63, 3.8) is 0 Å². The maximum absolute atomic E-state index is 12.8. The zero-order valence-corrected chi connectivity index (χ0v) is 19.1. The average molecular weight is 450 g/mol. The molecule has 0 unspecified atom stereocenters. The van der Waals surface area contributed by atoms with Crippen LogP contribution in [0.15, 0.2) is 41.3 Å². The van der Waals surface area contributed by atoms with E-state index in [1.54, 1.807) is 13.0 Å². The number of rotatable bonds is 6. The van der Waals surface area contributed by atoms with Gasteiger partial charge in [0, 0.05) is 36.3 Å². The first-order valence-corrected chi connectivity index (χ1v) is 11.9. The first kappa shape index (κ1) is 22.7. The molecule has 0 spiro atoms. The summed E-state index contributed by atoms with van der Waals surface area (Å²) in [5.74, 6) is -0.234. The van der Waals surface area contributed by atoms with E-state index in [0.29, 0.717) is 11.1 Å². The second kappa shape index (κ2) is 9.47. The van der Waals surface area contributed by atoms with Crippen LogP contribution in [0.1, 0.15) is 39.9 Å². The van der Waals surface area contributed by atoms with E-state index in [1.807, 2.05) is 31.2 Å². The number of amides is 1. The molecule has 30 heavy (non-hydrogen) atoms. The van der Waals surface area contributed by atoms with Gasteiger partial charge in [0.05, 0.1) is 4.90 Å². The first-order chi connectivity index (χ1) is 14.2. The van der Waals surface area contributed by atoms with Crippen LogP contribution >= 0.6 is 11.6 Å². The summed E-state index contributed by atoms with van der Waals surface area (Å²) < 4.78 is 26.9. The van der Waals surface area contributed by atoms with Crippen LogP contribution in [0.5, 0.6) is 0 Å². The monoisotopic (exact) mass is 449 g/mol. The molecule has 0 aliphatic carbocycles. The Morgan fingerprint density at radius 3 is 2.37 bits per heavy atom. The van der Waals surface area contributed by atoms with Crippen LogP contribution in [-0.2, 0) is 16.6 Å². The van der Waals surface area contributed by atoms with Gasteiger partial charge in [-0.25, -0.2) is 13.1 Å². The number of sulfonamides is 1. The zero-order valence-electron chi connectivity index (χ0n) is 17.5. The Bertz CT molecular complexity index is 1010. The van der Waals surface area contributed by atoms with Gasteiger partial charge >= 0.3 is 0 Å². The molecule has 1 amide bonds. The molecule has 1 heterocycles. The van der Waals surface area contributed by atoms with Crippen LogP contribution in [0, 0.1) is 13.8 Å². The lowest BCUT2D eigenvalue weighted by Gasteiger charge is -2.32. The van der Waals surface area contributed by atoms with E-state index >= 15 is 0 Å². The molecule has 1 aliphatic rings. The summed E-state index contributed by atoms with van der Waals surface area (Å²) in [6.45, 7) is 6.20. The highest BCUT2D eigenvalue weighted by Gasteiger charge is 2.23. The first-order valence-electron chi connectivity index (χ1n) is 10.0. The van der Waals surface area contributed by atoms with Gasteiger partial charge in [-0.3, -0.25) is 9.69 Å². The Labute approximate surface area is 183 Å². The molecule has 2 aromatic rings. The quantitative estimate of drug-likeness (QED) is 0.709. The third-order valence-electron chi connectivity index (χ3n) is 5.68. The summed E-state index contributed by atoms with van der Waals surface area (Å²) in [5.41, 5.74) is 3.01. The van der Waals surface area contributed by atoms with Crippen LogP contribution < -0.4 is 10.0 Å². The van der Waals surface area contributed by atoms with Gasteiger partial charge < -0.3 is 5.32 Å². The summed E-state index contributed by atoms with van der Waals surface area (Å²) in [5, 5.41) is 3.81. The predicted molar refractivity (Wildman–Crippen MR) is 119 cm³/mol. The Hall–Kier alpha value is -1.93. The molecule has 1 fully saturated rings. The number of carbonyl (C=O) groups is 1. The normalized spacial score (nSPS) is 15.9. The number of nitrogens with one attached hydrogen (secondary N) is 2. The number of hydrogen-bond acceptors (Lipinski definition) is 4. The lowest BCUT2D eigenvalue weighted by molar-refractivity contribution is 0.0908. The van der Waals surface area contributed by atoms with Gasteiger partial charge in [-0.1, -0.05) is 23.7 Å². The standard InChI is InChI=1S/C22H28ClN3O3S/c1-15-12-18(13-21(16(15)2)30(28,29)24-3)22(27)25-20-8-10-26(11-9-20)14-17-4-6-19(23)7-5-17/h4-7,12-13,20,24H,8-11,14H2,1-3H3,(H,25,27). The van der Waals surface area contributed by atoms with Crippen molar-refractivity contribution in [2.75, 3.05) is 20.1 Å². The molecule has 0 bridgehead atoms. The number of carbonyl (C=O) groups excluding carboxylic acids is 1. The lowest BCUT2D eigenvalue weighted by Crippen LogP contribution is -2.44. The number of hydrogen-bond donors (Lipinski definition) is 2. The lowest BCUT2D eigenvalue weighted by atomic mass is 10.0. The van der Waals surface area contributed by atoms with Gasteiger partial charge in [0.15, 0.2) is 0 Å². The van der Waals surface area contributed by atoms with Crippen molar-refractivity contribution in [2.45, 2.75) is 44.2 Å². The third kappa shape index (κ3) is 5.40. The van der Waals surface area contributed by atoms with E-state index in [2.05, 4.69) is 14.9 Å². The predicted octanol–water partition coefficient (Wildman–Crippen LogP) is 3.26. The number of aryl methyl sites for hydroxylation is 1. The smallest absolute Gasteiger partial charge is 0.251 e. The van der Waals surface area contributed by atoms with E-state index in [0.717, 1.165) is 43.1 Å². The molecular weight excluding hydrogens is 422 g/mol. The van der Waals surface area contributed by atoms with Gasteiger partial charge in [0.2, 0.25) is 10.0 Å². The van der Waals surface area contributed by atoms with Gasteiger partial charge in [0.1, 0.15) is 0 Å². The van der Waals surface area contributed by atoms with Crippen LogP contribution in [0.4, 0.5) is 0 Å². The molecule has 162 valence electrons. The molecular formula is C22H28ClN3O3S. The Kier molecular flexibility index (Phi) is 7.18. The number of halogens is 1. The maximum atomic E-state index is 12.8. The molecule has 0 aromatic heterocycles. The molecule has 0 radical (unpaired) electrons. The highest BCUT2D eigenvalue weighted by Crippen LogP contribution is 2.22. The van der Waals surface area contributed by atoms with Crippen molar-refractivity contribution in [1.82, 2.24) is 14.9 Å². The zero-order chi connectivity index (χ0) is 21.9. The van der Waals surface area contributed by atoms with E-state index in [4.69, 9.17) is 11.6 Å². The molecule has 1 saturated heterocycles. The van der Waals surface area contributed by atoms with Crippen molar-refractivity contribution in [1.29, 1.82) is 0 Å². The van der Waals surface area contributed by atoms with Crippen LogP contribution in [0.2, 0.25) is 5.02 Å². The minimum Gasteiger partial charge on any atom is -0.349 e. The second-order valence-electron chi connectivity index (χ2n) is 7.77. The molecule has 1 aliphatic heterocycles. The van der Waals surface area contributed by atoms with Crippen molar-refractivity contribution >= 4 is 27.5 Å². The molecule has 2 N–H and O–H groups in total. The van der Waals surface area contributed by atoms with Crippen molar-refractivity contribution in [3.8, 4) is 0 Å². The van der Waals surface area contributed by atoms with E-state index < -0.39 is 10.0 Å². The number of piperidine rings is 1. The van der Waals surface area contributed by atoms with Gasteiger partial charge in [-0.15, -0.1) is 0 Å². The van der Waals surface area contributed by atoms with Crippen LogP contribution in [-0.4, -0.2) is 45.4 Å². The van der Waals surface area contributed by atoms with Crippen molar-refractivity contribution in [3.05, 3.63) is 63.7 Å². The molecule has 0 saturated carbocycles. The van der Waals surface area contributed by atoms with Gasteiger partial charge in [-0.05, 0) is 74.7 Å². The summed E-state index contributed by atoms with van der Waals surface area (Å²) >= 11 is 5.94. The van der Waals surface area contributed by atoms with Gasteiger partial charge in [-0.2, -0.15) is 0 Å². The highest BCUT2D eigenvalue weighted by atomic mass is 35.5. The molecule has 6 nitrogen and oxygen atoms in total. The molecule has 2 aromatic carbocycles. The average Bonchev–Trinajstić information content (AvgIpc) is 2.72. The third-order valence-corrected chi connectivity index (χ3v) is 7.47. The topological polar surface area (TPSA) is 78.5 Å². The number of likely N-dealkylation sites (tertiary alicyclic amines) is 1. The minimum absolute atomic E-state index is 0.0740. The van der Waals surface area contributed by atoms with Crippen LogP contribution in [0.3, 0.4) is 0 Å². The molecule has 8 heteroatoms. The second-order valence-corrected chi connectivity index (χ2v) is 10.1. The Morgan fingerprint density at radius 1 is 1.13 bits per heavy atom. The fourth-order valence-electron chi connectivity index (χ4n) is 3.70. The summed E-state index contributed by atoms with van der Waals surface area (Å²) in [6.07, 6.45) is 1.71. The number of benzene rings is 2. The van der Waals surface area contributed by atoms with E-state index in [-0.39, 0.29) is 16.8 Å². The Morgan fingerprint density at radius 2 is 1.77 bits per heavy atom. The fourth-order valence-corrected chi connectivity index (χ4v) is 4.89. The summed E-state index contributed by atoms with van der Waals surface area (Å²) in [4.78, 5) is 15.3. The van der Waals surface area contributed by atoms with Crippen LogP contribution in [0.25, 0.3) is 0 Å². The van der Waals surface area contributed by atoms with Gasteiger partial charge in [0.25, 0.3) is 5.91 Å². The Balaban J connectivity index is 1.61. The van der Waals surface area contributed by atoms with Crippen molar-refractivity contribution in [2.24, 2.45) is 0 Å². The van der Waals surface area contributed by atoms with E-state index in [9.17, 15) is 13.2 Å². The largest absolute Gasteiger partial charge is 0.349 e. The maximum Gasteiger partial charge on any atom is 0.251 e.